The third-order valence-corrected chi connectivity index (χ3v) is 5.52. The topological polar surface area (TPSA) is 58.6 Å². The van der Waals surface area contributed by atoms with Gasteiger partial charge in [-0.25, -0.2) is 0 Å². The molecule has 3 aromatic carbocycles. The molecule has 1 heterocycles. The highest BCUT2D eigenvalue weighted by Gasteiger charge is 2.34. The number of anilines is 1. The van der Waals surface area contributed by atoms with Crippen LogP contribution in [0.15, 0.2) is 78.4 Å². The molecule has 0 aromatic heterocycles. The van der Waals surface area contributed by atoms with Crippen LogP contribution in [0.25, 0.3) is 6.08 Å². The molecule has 4 rings (SSSR count). The summed E-state index contributed by atoms with van der Waals surface area (Å²) in [7, 11) is 0. The lowest BCUT2D eigenvalue weighted by atomic mass is 10.1. The summed E-state index contributed by atoms with van der Waals surface area (Å²) in [4.78, 5) is 26.8. The van der Waals surface area contributed by atoms with E-state index in [1.807, 2.05) is 30.3 Å². The van der Waals surface area contributed by atoms with Crippen molar-refractivity contribution < 1.29 is 14.3 Å². The van der Waals surface area contributed by atoms with Gasteiger partial charge in [-0.1, -0.05) is 59.6 Å². The maximum Gasteiger partial charge on any atom is 0.270 e. The molecule has 1 aliphatic heterocycles. The molecule has 1 fully saturated rings. The smallest absolute Gasteiger partial charge is 0.270 e. The quantitative estimate of drug-likeness (QED) is 0.300. The van der Waals surface area contributed by atoms with Crippen LogP contribution >= 0.6 is 35.4 Å². The molecule has 0 bridgehead atoms. The zero-order chi connectivity index (χ0) is 22.7. The van der Waals surface area contributed by atoms with E-state index in [0.29, 0.717) is 33.7 Å². The van der Waals surface area contributed by atoms with Gasteiger partial charge in [-0.05, 0) is 65.8 Å². The Labute approximate surface area is 200 Å². The zero-order valence-corrected chi connectivity index (χ0v) is 18.9. The Bertz CT molecular complexity index is 1230. The second kappa shape index (κ2) is 9.53. The van der Waals surface area contributed by atoms with Crippen molar-refractivity contribution in [2.45, 2.75) is 6.61 Å². The van der Waals surface area contributed by atoms with E-state index in [9.17, 15) is 9.59 Å². The number of benzene rings is 3. The van der Waals surface area contributed by atoms with Crippen molar-refractivity contribution in [3.05, 3.63) is 99.5 Å². The third kappa shape index (κ3) is 4.83. The Hall–Kier alpha value is -3.19. The van der Waals surface area contributed by atoms with Gasteiger partial charge >= 0.3 is 0 Å². The summed E-state index contributed by atoms with van der Waals surface area (Å²) in [6, 6.07) is 21.3. The first-order valence-electron chi connectivity index (χ1n) is 9.55. The standard InChI is InChI=1S/C24H16Cl2N2O3S/c25-17-7-9-18(10-8-17)28-23(30)19(22(29)27-24(28)32)12-16-6-11-21(20(26)13-16)31-14-15-4-2-1-3-5-15/h1-13H,14H2,(H,27,29,32)/b19-12+. The molecule has 2 amide bonds. The lowest BCUT2D eigenvalue weighted by Crippen LogP contribution is -2.54. The molecule has 3 aromatic rings. The van der Waals surface area contributed by atoms with Gasteiger partial charge in [0.2, 0.25) is 0 Å². The Balaban J connectivity index is 1.57. The van der Waals surface area contributed by atoms with E-state index >= 15 is 0 Å². The minimum Gasteiger partial charge on any atom is -0.487 e. The number of halogens is 2. The maximum absolute atomic E-state index is 13.1. The zero-order valence-electron chi connectivity index (χ0n) is 16.5. The van der Waals surface area contributed by atoms with Crippen LogP contribution < -0.4 is 15.0 Å². The molecule has 8 heteroatoms. The van der Waals surface area contributed by atoms with E-state index in [-0.39, 0.29) is 10.7 Å². The van der Waals surface area contributed by atoms with Crippen LogP contribution in [0, 0.1) is 0 Å². The van der Waals surface area contributed by atoms with Gasteiger partial charge in [0.15, 0.2) is 5.11 Å². The van der Waals surface area contributed by atoms with Crippen LogP contribution in [0.1, 0.15) is 11.1 Å². The third-order valence-electron chi connectivity index (χ3n) is 4.69. The fourth-order valence-electron chi connectivity index (χ4n) is 3.11. The summed E-state index contributed by atoms with van der Waals surface area (Å²) in [6.07, 6.45) is 1.47. The number of nitrogens with one attached hydrogen (secondary N) is 1. The highest BCUT2D eigenvalue weighted by molar-refractivity contribution is 7.80. The Morgan fingerprint density at radius 2 is 1.69 bits per heavy atom. The van der Waals surface area contributed by atoms with Crippen molar-refractivity contribution in [3.8, 4) is 5.75 Å². The van der Waals surface area contributed by atoms with E-state index in [4.69, 9.17) is 40.2 Å². The Morgan fingerprint density at radius 1 is 0.969 bits per heavy atom. The first-order chi connectivity index (χ1) is 15.4. The molecule has 32 heavy (non-hydrogen) atoms. The predicted molar refractivity (Wildman–Crippen MR) is 130 cm³/mol. The first kappa shape index (κ1) is 22.0. The van der Waals surface area contributed by atoms with Gasteiger partial charge < -0.3 is 4.74 Å². The molecular weight excluding hydrogens is 467 g/mol. The number of carbonyl (C=O) groups excluding carboxylic acids is 2. The van der Waals surface area contributed by atoms with Crippen LogP contribution in [0.4, 0.5) is 5.69 Å². The highest BCUT2D eigenvalue weighted by atomic mass is 35.5. The van der Waals surface area contributed by atoms with Crippen molar-refractivity contribution in [1.29, 1.82) is 0 Å². The number of ether oxygens (including phenoxy) is 1. The fourth-order valence-corrected chi connectivity index (χ4v) is 3.76. The number of nitrogens with zero attached hydrogens (tertiary/aromatic N) is 1. The summed E-state index contributed by atoms with van der Waals surface area (Å²) >= 11 is 17.5. The van der Waals surface area contributed by atoms with E-state index in [0.717, 1.165) is 5.56 Å². The van der Waals surface area contributed by atoms with Gasteiger partial charge in [-0.3, -0.25) is 19.8 Å². The predicted octanol–water partition coefficient (Wildman–Crippen LogP) is 5.40. The van der Waals surface area contributed by atoms with Crippen LogP contribution in [0.2, 0.25) is 10.0 Å². The minimum atomic E-state index is -0.578. The molecule has 1 aliphatic rings. The number of hydrogen-bond acceptors (Lipinski definition) is 4. The summed E-state index contributed by atoms with van der Waals surface area (Å²) in [5, 5.41) is 3.43. The average molecular weight is 483 g/mol. The van der Waals surface area contributed by atoms with E-state index in [1.54, 1.807) is 42.5 Å². The molecule has 0 unspecified atom stereocenters. The van der Waals surface area contributed by atoms with E-state index in [2.05, 4.69) is 5.32 Å². The fraction of sp³-hybridized carbons (Fsp3) is 0.0417. The second-order valence-corrected chi connectivity index (χ2v) is 8.13. The number of amides is 2. The van der Waals surface area contributed by atoms with Crippen LogP contribution in [-0.4, -0.2) is 16.9 Å². The lowest BCUT2D eigenvalue weighted by molar-refractivity contribution is -0.122. The van der Waals surface area contributed by atoms with Crippen molar-refractivity contribution >= 4 is 64.1 Å². The van der Waals surface area contributed by atoms with Crippen LogP contribution in [-0.2, 0) is 16.2 Å². The van der Waals surface area contributed by atoms with Crippen LogP contribution in [0.3, 0.4) is 0 Å². The summed E-state index contributed by atoms with van der Waals surface area (Å²) in [6.45, 7) is 0.370. The Kier molecular flexibility index (Phi) is 6.55. The number of hydrogen-bond donors (Lipinski definition) is 1. The highest BCUT2D eigenvalue weighted by Crippen LogP contribution is 2.28. The SMILES string of the molecule is O=C1NC(=S)N(c2ccc(Cl)cc2)C(=O)/C1=C/c1ccc(OCc2ccccc2)c(Cl)c1. The molecule has 0 aliphatic carbocycles. The summed E-state index contributed by atoms with van der Waals surface area (Å²) in [5.41, 5.74) is 2.02. The first-order valence-corrected chi connectivity index (χ1v) is 10.7. The monoisotopic (exact) mass is 482 g/mol. The molecule has 5 nitrogen and oxygen atoms in total. The van der Waals surface area contributed by atoms with Gasteiger partial charge in [0, 0.05) is 5.02 Å². The molecule has 0 atom stereocenters. The summed E-state index contributed by atoms with van der Waals surface area (Å²) in [5.74, 6) is -0.617. The molecule has 1 saturated heterocycles. The average Bonchev–Trinajstić information content (AvgIpc) is 2.78. The number of carbonyl (C=O) groups is 2. The van der Waals surface area contributed by atoms with Crippen LogP contribution in [0.5, 0.6) is 5.75 Å². The van der Waals surface area contributed by atoms with Gasteiger partial charge in [-0.15, -0.1) is 0 Å². The normalized spacial score (nSPS) is 15.1. The Morgan fingerprint density at radius 3 is 2.38 bits per heavy atom. The van der Waals surface area contributed by atoms with Gasteiger partial charge in [-0.2, -0.15) is 0 Å². The largest absolute Gasteiger partial charge is 0.487 e. The molecule has 0 radical (unpaired) electrons. The molecular formula is C24H16Cl2N2O3S. The van der Waals surface area contributed by atoms with Crippen molar-refractivity contribution in [1.82, 2.24) is 5.32 Å². The van der Waals surface area contributed by atoms with Gasteiger partial charge in [0.1, 0.15) is 17.9 Å². The van der Waals surface area contributed by atoms with Gasteiger partial charge in [0.05, 0.1) is 10.7 Å². The van der Waals surface area contributed by atoms with Crippen molar-refractivity contribution in [2.24, 2.45) is 0 Å². The van der Waals surface area contributed by atoms with Gasteiger partial charge in [0.25, 0.3) is 11.8 Å². The minimum absolute atomic E-state index is 0.00200. The molecule has 0 saturated carbocycles. The molecule has 1 N–H and O–H groups in total. The van der Waals surface area contributed by atoms with E-state index in [1.165, 1.54) is 11.0 Å². The van der Waals surface area contributed by atoms with Crippen molar-refractivity contribution in [3.63, 3.8) is 0 Å². The van der Waals surface area contributed by atoms with E-state index < -0.39 is 11.8 Å². The number of rotatable bonds is 5. The molecule has 160 valence electrons. The maximum atomic E-state index is 13.1. The molecule has 0 spiro atoms. The second-order valence-electron chi connectivity index (χ2n) is 6.90. The van der Waals surface area contributed by atoms with Crippen molar-refractivity contribution in [2.75, 3.05) is 4.90 Å². The lowest BCUT2D eigenvalue weighted by Gasteiger charge is -2.29. The number of thiocarbonyl (C=S) groups is 1. The summed E-state index contributed by atoms with van der Waals surface area (Å²) < 4.78 is 5.77.